The molecule has 1 unspecified atom stereocenters. The molecule has 1 N–H and O–H groups in total. The lowest BCUT2D eigenvalue weighted by Crippen LogP contribution is -2.24. The third kappa shape index (κ3) is 3.03. The quantitative estimate of drug-likeness (QED) is 0.897. The monoisotopic (exact) mass is 269 g/mol. The zero-order valence-corrected chi connectivity index (χ0v) is 11.1. The molecule has 18 heavy (non-hydrogen) atoms. The van der Waals surface area contributed by atoms with E-state index in [2.05, 4.69) is 5.32 Å². The van der Waals surface area contributed by atoms with Crippen LogP contribution in [0.25, 0.3) is 0 Å². The predicted octanol–water partition coefficient (Wildman–Crippen LogP) is 3.82. The summed E-state index contributed by atoms with van der Waals surface area (Å²) in [5, 5.41) is 3.55. The highest BCUT2D eigenvalue weighted by Gasteiger charge is 2.19. The maximum Gasteiger partial charge on any atom is 0.141 e. The average Bonchev–Trinajstić information content (AvgIpc) is 2.40. The summed E-state index contributed by atoms with van der Waals surface area (Å²) in [4.78, 5) is 0. The van der Waals surface area contributed by atoms with Crippen molar-refractivity contribution in [1.29, 1.82) is 0 Å². The summed E-state index contributed by atoms with van der Waals surface area (Å²) in [5.74, 6) is -0.385. The van der Waals surface area contributed by atoms with E-state index in [-0.39, 0.29) is 16.9 Å². The Bertz CT molecular complexity index is 447. The number of rotatable bonds is 4. The van der Waals surface area contributed by atoms with Gasteiger partial charge in [-0.15, -0.1) is 0 Å². The van der Waals surface area contributed by atoms with Crippen LogP contribution in [0.5, 0.6) is 0 Å². The Morgan fingerprint density at radius 3 is 2.94 bits per heavy atom. The van der Waals surface area contributed by atoms with Crippen molar-refractivity contribution >= 4 is 11.6 Å². The number of ether oxygens (including phenoxy) is 1. The van der Waals surface area contributed by atoms with Crippen molar-refractivity contribution in [3.63, 3.8) is 0 Å². The molecule has 0 spiro atoms. The van der Waals surface area contributed by atoms with Crippen LogP contribution >= 0.6 is 11.6 Å². The molecule has 0 saturated heterocycles. The van der Waals surface area contributed by atoms with Crippen LogP contribution in [-0.2, 0) is 4.74 Å². The van der Waals surface area contributed by atoms with Crippen LogP contribution in [-0.4, -0.2) is 13.2 Å². The molecule has 2 nitrogen and oxygen atoms in total. The standard InChI is InChI=1S/C14H17ClFNO/c1-2-17-14(11-4-3-7-18-9-11)10-5-6-13(16)12(15)8-10/h5-6,8-9,14,17H,2-4,7H2,1H3. The van der Waals surface area contributed by atoms with Crippen LogP contribution in [0, 0.1) is 5.82 Å². The van der Waals surface area contributed by atoms with Crippen molar-refractivity contribution in [2.45, 2.75) is 25.8 Å². The number of hydrogen-bond donors (Lipinski definition) is 1. The topological polar surface area (TPSA) is 21.3 Å². The maximum absolute atomic E-state index is 13.2. The molecule has 98 valence electrons. The van der Waals surface area contributed by atoms with Gasteiger partial charge in [0.15, 0.2) is 0 Å². The fourth-order valence-corrected chi connectivity index (χ4v) is 2.34. The molecule has 0 radical (unpaired) electrons. The first-order valence-electron chi connectivity index (χ1n) is 6.21. The number of halogens is 2. The Hall–Kier alpha value is -1.06. The number of nitrogens with one attached hydrogen (secondary N) is 1. The van der Waals surface area contributed by atoms with Crippen molar-refractivity contribution in [2.75, 3.05) is 13.2 Å². The fraction of sp³-hybridized carbons (Fsp3) is 0.429. The first-order chi connectivity index (χ1) is 8.72. The molecule has 0 aliphatic carbocycles. The van der Waals surface area contributed by atoms with E-state index in [1.54, 1.807) is 12.1 Å². The van der Waals surface area contributed by atoms with Gasteiger partial charge in [-0.2, -0.15) is 0 Å². The van der Waals surface area contributed by atoms with Gasteiger partial charge in [0, 0.05) is 0 Å². The molecule has 2 rings (SSSR count). The van der Waals surface area contributed by atoms with Crippen molar-refractivity contribution < 1.29 is 9.13 Å². The third-order valence-corrected chi connectivity index (χ3v) is 3.31. The van der Waals surface area contributed by atoms with E-state index in [1.807, 2.05) is 13.2 Å². The highest BCUT2D eigenvalue weighted by atomic mass is 35.5. The van der Waals surface area contributed by atoms with E-state index in [4.69, 9.17) is 16.3 Å². The van der Waals surface area contributed by atoms with Gasteiger partial charge >= 0.3 is 0 Å². The van der Waals surface area contributed by atoms with Crippen molar-refractivity contribution in [1.82, 2.24) is 5.32 Å². The molecular weight excluding hydrogens is 253 g/mol. The minimum Gasteiger partial charge on any atom is -0.501 e. The number of likely N-dealkylation sites (N-methyl/N-ethyl adjacent to an activating group) is 1. The van der Waals surface area contributed by atoms with E-state index < -0.39 is 0 Å². The lowest BCUT2D eigenvalue weighted by atomic mass is 9.95. The minimum atomic E-state index is -0.385. The molecule has 1 atom stereocenters. The van der Waals surface area contributed by atoms with Gasteiger partial charge in [-0.3, -0.25) is 0 Å². The molecule has 0 amide bonds. The summed E-state index contributed by atoms with van der Waals surface area (Å²) < 4.78 is 18.6. The Morgan fingerprint density at radius 2 is 2.33 bits per heavy atom. The van der Waals surface area contributed by atoms with E-state index in [1.165, 1.54) is 11.6 Å². The summed E-state index contributed by atoms with van der Waals surface area (Å²) >= 11 is 5.84. The second kappa shape index (κ2) is 6.21. The zero-order valence-electron chi connectivity index (χ0n) is 10.4. The molecule has 1 aromatic rings. The first-order valence-corrected chi connectivity index (χ1v) is 6.59. The van der Waals surface area contributed by atoms with Crippen molar-refractivity contribution in [2.24, 2.45) is 0 Å². The average molecular weight is 270 g/mol. The molecule has 0 saturated carbocycles. The maximum atomic E-state index is 13.2. The fourth-order valence-electron chi connectivity index (χ4n) is 2.16. The van der Waals surface area contributed by atoms with Gasteiger partial charge in [-0.1, -0.05) is 24.6 Å². The third-order valence-electron chi connectivity index (χ3n) is 3.02. The summed E-state index contributed by atoms with van der Waals surface area (Å²) in [6, 6.07) is 4.91. The molecular formula is C14H17ClFNO. The molecule has 4 heteroatoms. The largest absolute Gasteiger partial charge is 0.501 e. The molecule has 0 fully saturated rings. The summed E-state index contributed by atoms with van der Waals surface area (Å²) in [7, 11) is 0. The van der Waals surface area contributed by atoms with Gasteiger partial charge in [0.1, 0.15) is 5.82 Å². The Labute approximate surface area is 112 Å². The van der Waals surface area contributed by atoms with Crippen LogP contribution in [0.3, 0.4) is 0 Å². The van der Waals surface area contributed by atoms with E-state index in [0.29, 0.717) is 0 Å². The first kappa shape index (κ1) is 13.4. The van der Waals surface area contributed by atoms with E-state index >= 15 is 0 Å². The molecule has 1 aromatic carbocycles. The van der Waals surface area contributed by atoms with Crippen LogP contribution in [0.4, 0.5) is 4.39 Å². The Kier molecular flexibility index (Phi) is 4.61. The van der Waals surface area contributed by atoms with Gasteiger partial charge < -0.3 is 10.1 Å². The van der Waals surface area contributed by atoms with Crippen LogP contribution in [0.1, 0.15) is 31.4 Å². The summed E-state index contributed by atoms with van der Waals surface area (Å²) in [6.45, 7) is 3.64. The molecule has 0 bridgehead atoms. The van der Waals surface area contributed by atoms with Gasteiger partial charge in [-0.25, -0.2) is 4.39 Å². The van der Waals surface area contributed by atoms with Gasteiger partial charge in [0.25, 0.3) is 0 Å². The highest BCUT2D eigenvalue weighted by Crippen LogP contribution is 2.29. The summed E-state index contributed by atoms with van der Waals surface area (Å²) in [5.41, 5.74) is 2.16. The Morgan fingerprint density at radius 1 is 1.50 bits per heavy atom. The van der Waals surface area contributed by atoms with Crippen molar-refractivity contribution in [3.8, 4) is 0 Å². The lowest BCUT2D eigenvalue weighted by molar-refractivity contribution is 0.219. The second-order valence-electron chi connectivity index (χ2n) is 4.33. The lowest BCUT2D eigenvalue weighted by Gasteiger charge is -2.24. The van der Waals surface area contributed by atoms with Gasteiger partial charge in [-0.05, 0) is 42.7 Å². The summed E-state index contributed by atoms with van der Waals surface area (Å²) in [6.07, 6.45) is 3.82. The molecule has 1 heterocycles. The number of hydrogen-bond acceptors (Lipinski definition) is 2. The van der Waals surface area contributed by atoms with E-state index in [9.17, 15) is 4.39 Å². The van der Waals surface area contributed by atoms with Crippen LogP contribution < -0.4 is 5.32 Å². The van der Waals surface area contributed by atoms with Crippen molar-refractivity contribution in [3.05, 3.63) is 46.4 Å². The van der Waals surface area contributed by atoms with Crippen LogP contribution in [0.15, 0.2) is 30.0 Å². The Balaban J connectivity index is 2.28. The van der Waals surface area contributed by atoms with Gasteiger partial charge in [0.05, 0.1) is 23.9 Å². The normalized spacial score (nSPS) is 16.9. The zero-order chi connectivity index (χ0) is 13.0. The molecule has 1 aliphatic rings. The smallest absolute Gasteiger partial charge is 0.141 e. The highest BCUT2D eigenvalue weighted by molar-refractivity contribution is 6.30. The molecule has 0 aromatic heterocycles. The van der Waals surface area contributed by atoms with Crippen LogP contribution in [0.2, 0.25) is 5.02 Å². The SMILES string of the molecule is CCNC(C1=COCCC1)c1ccc(F)c(Cl)c1. The minimum absolute atomic E-state index is 0.0494. The molecule has 1 aliphatic heterocycles. The van der Waals surface area contributed by atoms with E-state index in [0.717, 1.165) is 31.6 Å². The second-order valence-corrected chi connectivity index (χ2v) is 4.74. The predicted molar refractivity (Wildman–Crippen MR) is 71.1 cm³/mol. The number of benzene rings is 1. The van der Waals surface area contributed by atoms with Gasteiger partial charge in [0.2, 0.25) is 0 Å².